The van der Waals surface area contributed by atoms with Crippen LogP contribution in [0, 0.1) is 12.7 Å². The van der Waals surface area contributed by atoms with Gasteiger partial charge in [-0.15, -0.1) is 0 Å². The largest absolute Gasteiger partial charge is 0.423 e. The topological polar surface area (TPSA) is 65.1 Å². The number of aromatic nitrogens is 2. The molecule has 33 heavy (non-hydrogen) atoms. The third-order valence-electron chi connectivity index (χ3n) is 5.25. The lowest BCUT2D eigenvalue weighted by molar-refractivity contribution is 0.559. The van der Waals surface area contributed by atoms with Crippen LogP contribution in [0.1, 0.15) is 11.1 Å². The fourth-order valence-corrected chi connectivity index (χ4v) is 4.84. The van der Waals surface area contributed by atoms with E-state index >= 15 is 0 Å². The van der Waals surface area contributed by atoms with Gasteiger partial charge in [0.1, 0.15) is 11.4 Å². The summed E-state index contributed by atoms with van der Waals surface area (Å²) in [4.78, 5) is 30.2. The summed E-state index contributed by atoms with van der Waals surface area (Å²) in [6.07, 6.45) is 0. The number of halogens is 2. The molecule has 0 radical (unpaired) electrons. The first-order valence-electron chi connectivity index (χ1n) is 10.0. The Hall–Kier alpha value is -3.42. The average Bonchev–Trinajstić information content (AvgIpc) is 2.79. The van der Waals surface area contributed by atoms with E-state index in [2.05, 4.69) is 4.98 Å². The standard InChI is InChI=1S/C25H16ClFN2O3S/c1-14-6-8-17-15(11-23(30)32-22(17)10-14)13-33-25-28-21-5-3-2-4-18(21)24(31)29(25)16-7-9-20(27)19(26)12-16/h2-12H,13H2,1H3. The van der Waals surface area contributed by atoms with E-state index in [0.29, 0.717) is 33.1 Å². The zero-order valence-corrected chi connectivity index (χ0v) is 18.9. The lowest BCUT2D eigenvalue weighted by Crippen LogP contribution is -2.21. The Morgan fingerprint density at radius 3 is 2.67 bits per heavy atom. The molecule has 2 heterocycles. The minimum atomic E-state index is -0.575. The number of rotatable bonds is 4. The van der Waals surface area contributed by atoms with E-state index in [0.717, 1.165) is 16.5 Å². The van der Waals surface area contributed by atoms with Crippen molar-refractivity contribution in [3.05, 3.63) is 109 Å². The number of hydrogen-bond donors (Lipinski definition) is 0. The van der Waals surface area contributed by atoms with Crippen LogP contribution in [0.5, 0.6) is 0 Å². The number of thioether (sulfide) groups is 1. The summed E-state index contributed by atoms with van der Waals surface area (Å²) in [6, 6.07) is 18.2. The maximum atomic E-state index is 13.8. The zero-order chi connectivity index (χ0) is 23.1. The summed E-state index contributed by atoms with van der Waals surface area (Å²) < 4.78 is 20.5. The minimum Gasteiger partial charge on any atom is -0.423 e. The molecule has 0 atom stereocenters. The molecule has 0 bridgehead atoms. The van der Waals surface area contributed by atoms with Gasteiger partial charge >= 0.3 is 5.63 Å². The molecule has 0 unspecified atom stereocenters. The molecule has 0 spiro atoms. The summed E-state index contributed by atoms with van der Waals surface area (Å²) in [6.45, 7) is 1.92. The average molecular weight is 479 g/mol. The van der Waals surface area contributed by atoms with Gasteiger partial charge in [-0.2, -0.15) is 0 Å². The van der Waals surface area contributed by atoms with Crippen LogP contribution in [0.4, 0.5) is 4.39 Å². The van der Waals surface area contributed by atoms with Crippen molar-refractivity contribution in [2.75, 3.05) is 0 Å². The zero-order valence-electron chi connectivity index (χ0n) is 17.3. The van der Waals surface area contributed by atoms with Crippen molar-refractivity contribution in [3.8, 4) is 5.69 Å². The highest BCUT2D eigenvalue weighted by Crippen LogP contribution is 2.29. The molecule has 0 amide bonds. The fourth-order valence-electron chi connectivity index (χ4n) is 3.66. The Kier molecular flexibility index (Phi) is 5.52. The second-order valence-electron chi connectivity index (χ2n) is 7.53. The quantitative estimate of drug-likeness (QED) is 0.183. The third kappa shape index (κ3) is 4.05. The van der Waals surface area contributed by atoms with Gasteiger partial charge in [0.15, 0.2) is 5.16 Å². The van der Waals surface area contributed by atoms with Gasteiger partial charge in [0.05, 0.1) is 21.6 Å². The van der Waals surface area contributed by atoms with Crippen LogP contribution in [-0.4, -0.2) is 9.55 Å². The maximum absolute atomic E-state index is 13.8. The van der Waals surface area contributed by atoms with Gasteiger partial charge in [-0.1, -0.05) is 47.6 Å². The van der Waals surface area contributed by atoms with Crippen molar-refractivity contribution < 1.29 is 8.81 Å². The maximum Gasteiger partial charge on any atom is 0.336 e. The second kappa shape index (κ2) is 8.50. The van der Waals surface area contributed by atoms with Crippen molar-refractivity contribution in [1.29, 1.82) is 0 Å². The van der Waals surface area contributed by atoms with Crippen LogP contribution in [0.15, 0.2) is 85.9 Å². The van der Waals surface area contributed by atoms with E-state index in [1.807, 2.05) is 25.1 Å². The number of nitrogens with zero attached hydrogens (tertiary/aromatic N) is 2. The molecule has 164 valence electrons. The molecule has 0 aliphatic heterocycles. The van der Waals surface area contributed by atoms with E-state index in [1.54, 1.807) is 24.3 Å². The monoisotopic (exact) mass is 478 g/mol. The van der Waals surface area contributed by atoms with Gasteiger partial charge in [-0.05, 0) is 54.4 Å². The number of para-hydroxylation sites is 1. The summed E-state index contributed by atoms with van der Waals surface area (Å²) in [7, 11) is 0. The summed E-state index contributed by atoms with van der Waals surface area (Å²) in [5.74, 6) is -0.209. The third-order valence-corrected chi connectivity index (χ3v) is 6.53. The summed E-state index contributed by atoms with van der Waals surface area (Å²) >= 11 is 7.29. The molecule has 0 N–H and O–H groups in total. The van der Waals surface area contributed by atoms with Gasteiger partial charge in [0.25, 0.3) is 5.56 Å². The highest BCUT2D eigenvalue weighted by molar-refractivity contribution is 7.98. The van der Waals surface area contributed by atoms with E-state index in [-0.39, 0.29) is 10.6 Å². The number of benzene rings is 3. The Labute approximate surface area is 196 Å². The van der Waals surface area contributed by atoms with Crippen molar-refractivity contribution in [1.82, 2.24) is 9.55 Å². The van der Waals surface area contributed by atoms with E-state index in [1.165, 1.54) is 40.6 Å². The molecule has 5 aromatic rings. The Bertz CT molecular complexity index is 1660. The van der Waals surface area contributed by atoms with E-state index < -0.39 is 11.4 Å². The fraction of sp³-hybridized carbons (Fsp3) is 0.0800. The van der Waals surface area contributed by atoms with Crippen LogP contribution in [0.25, 0.3) is 27.6 Å². The predicted octanol–water partition coefficient (Wildman–Crippen LogP) is 5.89. The Balaban J connectivity index is 1.65. The number of fused-ring (bicyclic) bond motifs is 2. The van der Waals surface area contributed by atoms with Crippen molar-refractivity contribution in [2.24, 2.45) is 0 Å². The summed E-state index contributed by atoms with van der Waals surface area (Å²) in [5.41, 5.74) is 2.46. The number of hydrogen-bond acceptors (Lipinski definition) is 5. The van der Waals surface area contributed by atoms with Gasteiger partial charge in [-0.25, -0.2) is 14.2 Å². The van der Waals surface area contributed by atoms with Crippen molar-refractivity contribution in [2.45, 2.75) is 17.8 Å². The molecule has 0 saturated carbocycles. The molecule has 0 aliphatic rings. The van der Waals surface area contributed by atoms with E-state index in [9.17, 15) is 14.0 Å². The molecule has 2 aromatic heterocycles. The Morgan fingerprint density at radius 1 is 1.03 bits per heavy atom. The number of aryl methyl sites for hydroxylation is 1. The lowest BCUT2D eigenvalue weighted by atomic mass is 10.1. The van der Waals surface area contributed by atoms with Gasteiger partial charge in [-0.3, -0.25) is 9.36 Å². The van der Waals surface area contributed by atoms with Gasteiger partial charge in [0, 0.05) is 17.2 Å². The first-order valence-corrected chi connectivity index (χ1v) is 11.4. The molecular weight excluding hydrogens is 463 g/mol. The smallest absolute Gasteiger partial charge is 0.336 e. The highest BCUT2D eigenvalue weighted by atomic mass is 35.5. The van der Waals surface area contributed by atoms with Crippen LogP contribution in [-0.2, 0) is 5.75 Å². The van der Waals surface area contributed by atoms with Crippen LogP contribution in [0.3, 0.4) is 0 Å². The van der Waals surface area contributed by atoms with Gasteiger partial charge < -0.3 is 4.42 Å². The first-order chi connectivity index (χ1) is 15.9. The molecular formula is C25H16ClFN2O3S. The SMILES string of the molecule is Cc1ccc2c(CSc3nc4ccccc4c(=O)n3-c3ccc(F)c(Cl)c3)cc(=O)oc2c1. The second-order valence-corrected chi connectivity index (χ2v) is 8.88. The van der Waals surface area contributed by atoms with Crippen LogP contribution in [0.2, 0.25) is 5.02 Å². The Morgan fingerprint density at radius 2 is 1.85 bits per heavy atom. The van der Waals surface area contributed by atoms with Crippen molar-refractivity contribution in [3.63, 3.8) is 0 Å². The minimum absolute atomic E-state index is 0.0921. The molecule has 8 heteroatoms. The van der Waals surface area contributed by atoms with Gasteiger partial charge in [0.2, 0.25) is 0 Å². The molecule has 0 fully saturated rings. The van der Waals surface area contributed by atoms with Crippen LogP contribution >= 0.6 is 23.4 Å². The first kappa shape index (κ1) is 21.4. The van der Waals surface area contributed by atoms with Crippen molar-refractivity contribution >= 4 is 45.2 Å². The summed E-state index contributed by atoms with van der Waals surface area (Å²) in [5, 5.41) is 1.55. The normalized spacial score (nSPS) is 11.4. The molecule has 5 rings (SSSR count). The van der Waals surface area contributed by atoms with E-state index in [4.69, 9.17) is 16.0 Å². The lowest BCUT2D eigenvalue weighted by Gasteiger charge is -2.14. The molecule has 3 aromatic carbocycles. The highest BCUT2D eigenvalue weighted by Gasteiger charge is 2.16. The molecule has 0 saturated heterocycles. The molecule has 0 aliphatic carbocycles. The molecule has 5 nitrogen and oxygen atoms in total. The predicted molar refractivity (Wildman–Crippen MR) is 129 cm³/mol. The van der Waals surface area contributed by atoms with Crippen LogP contribution < -0.4 is 11.2 Å².